The maximum atomic E-state index is 12.7. The zero-order chi connectivity index (χ0) is 21.2. The summed E-state index contributed by atoms with van der Waals surface area (Å²) in [5, 5.41) is 3.61. The van der Waals surface area contributed by atoms with Crippen molar-refractivity contribution in [1.29, 1.82) is 0 Å². The topological polar surface area (TPSA) is 69.7 Å². The number of piperazine rings is 1. The van der Waals surface area contributed by atoms with Crippen LogP contribution in [0.15, 0.2) is 29.2 Å². The van der Waals surface area contributed by atoms with Gasteiger partial charge in [0.15, 0.2) is 0 Å². The van der Waals surface area contributed by atoms with Gasteiger partial charge in [0.1, 0.15) is 0 Å². The summed E-state index contributed by atoms with van der Waals surface area (Å²) in [6.07, 6.45) is 0.874. The van der Waals surface area contributed by atoms with Crippen LogP contribution in [0.25, 0.3) is 0 Å². The van der Waals surface area contributed by atoms with E-state index in [0.29, 0.717) is 31.2 Å². The van der Waals surface area contributed by atoms with Crippen molar-refractivity contribution in [3.05, 3.63) is 29.3 Å². The fraction of sp³-hybridized carbons (Fsp3) is 0.650. The molecule has 28 heavy (non-hydrogen) atoms. The van der Waals surface area contributed by atoms with Crippen LogP contribution in [0.5, 0.6) is 0 Å². The number of benzene rings is 1. The largest absolute Gasteiger partial charge is 0.350 e. The van der Waals surface area contributed by atoms with Gasteiger partial charge in [-0.3, -0.25) is 9.69 Å². The average molecular weight is 430 g/mol. The summed E-state index contributed by atoms with van der Waals surface area (Å²) in [5.41, 5.74) is -0.159. The second-order valence-electron chi connectivity index (χ2n) is 9.30. The fourth-order valence-corrected chi connectivity index (χ4v) is 5.42. The normalized spacial score (nSPS) is 17.5. The van der Waals surface area contributed by atoms with Crippen molar-refractivity contribution >= 4 is 27.5 Å². The molecule has 2 rings (SSSR count). The Morgan fingerprint density at radius 1 is 1.04 bits per heavy atom. The van der Waals surface area contributed by atoms with Gasteiger partial charge >= 0.3 is 0 Å². The molecule has 0 atom stereocenters. The minimum absolute atomic E-state index is 0.0248. The molecule has 0 bridgehead atoms. The van der Waals surface area contributed by atoms with E-state index in [2.05, 4.69) is 26.1 Å². The van der Waals surface area contributed by atoms with Crippen molar-refractivity contribution < 1.29 is 13.2 Å². The zero-order valence-electron chi connectivity index (χ0n) is 17.5. The first-order valence-electron chi connectivity index (χ1n) is 9.58. The van der Waals surface area contributed by atoms with E-state index in [4.69, 9.17) is 11.6 Å². The molecule has 158 valence electrons. The van der Waals surface area contributed by atoms with Crippen LogP contribution in [0.3, 0.4) is 0 Å². The van der Waals surface area contributed by atoms with Crippen LogP contribution in [-0.4, -0.2) is 61.8 Å². The molecule has 1 saturated heterocycles. The predicted molar refractivity (Wildman–Crippen MR) is 113 cm³/mol. The van der Waals surface area contributed by atoms with E-state index in [1.54, 1.807) is 12.1 Å². The van der Waals surface area contributed by atoms with E-state index in [9.17, 15) is 13.2 Å². The van der Waals surface area contributed by atoms with Crippen LogP contribution in [0.2, 0.25) is 5.02 Å². The summed E-state index contributed by atoms with van der Waals surface area (Å²) in [6.45, 7) is 12.6. The van der Waals surface area contributed by atoms with Gasteiger partial charge < -0.3 is 5.32 Å². The predicted octanol–water partition coefficient (Wildman–Crippen LogP) is 2.98. The number of carbonyl (C=O) groups is 1. The third-order valence-corrected chi connectivity index (χ3v) is 6.76. The molecule has 1 aliphatic rings. The number of nitrogens with zero attached hydrogens (tertiary/aromatic N) is 2. The highest BCUT2D eigenvalue weighted by Crippen LogP contribution is 2.26. The van der Waals surface area contributed by atoms with E-state index in [1.807, 2.05) is 18.7 Å². The highest BCUT2D eigenvalue weighted by atomic mass is 35.5. The Bertz CT molecular complexity index is 778. The molecule has 0 aliphatic carbocycles. The Hall–Kier alpha value is -1.15. The van der Waals surface area contributed by atoms with Crippen LogP contribution < -0.4 is 5.32 Å². The molecule has 1 aromatic carbocycles. The summed E-state index contributed by atoms with van der Waals surface area (Å²) < 4.78 is 26.9. The molecular weight excluding hydrogens is 398 g/mol. The molecule has 0 radical (unpaired) electrons. The summed E-state index contributed by atoms with van der Waals surface area (Å²) in [7, 11) is -3.53. The number of nitrogens with one attached hydrogen (secondary N) is 1. The van der Waals surface area contributed by atoms with Gasteiger partial charge in [0.25, 0.3) is 0 Å². The van der Waals surface area contributed by atoms with Crippen molar-refractivity contribution in [1.82, 2.24) is 14.5 Å². The van der Waals surface area contributed by atoms with Crippen LogP contribution in [0, 0.1) is 5.41 Å². The number of hydrogen-bond donors (Lipinski definition) is 1. The van der Waals surface area contributed by atoms with Gasteiger partial charge in [-0.1, -0.05) is 32.4 Å². The van der Waals surface area contributed by atoms with Gasteiger partial charge in [-0.25, -0.2) is 8.42 Å². The zero-order valence-corrected chi connectivity index (χ0v) is 19.0. The molecule has 6 nitrogen and oxygen atoms in total. The van der Waals surface area contributed by atoms with Gasteiger partial charge in [0.2, 0.25) is 15.9 Å². The first-order chi connectivity index (χ1) is 12.8. The first-order valence-corrected chi connectivity index (χ1v) is 11.4. The molecule has 0 saturated carbocycles. The van der Waals surface area contributed by atoms with E-state index in [-0.39, 0.29) is 28.3 Å². The Labute approximate surface area is 174 Å². The number of amides is 1. The van der Waals surface area contributed by atoms with Crippen LogP contribution in [0.4, 0.5) is 0 Å². The molecule has 0 unspecified atom stereocenters. The minimum atomic E-state index is -3.53. The number of halogens is 1. The fourth-order valence-electron chi connectivity index (χ4n) is 3.87. The first kappa shape index (κ1) is 23.1. The Balaban J connectivity index is 1.88. The molecule has 1 aliphatic heterocycles. The van der Waals surface area contributed by atoms with Crippen molar-refractivity contribution in [2.45, 2.75) is 51.5 Å². The standard InChI is InChI=1S/C20H32ClN3O3S/c1-19(2,3)15-20(4,5)22-18(25)14-23-10-12-24(13-11-23)28(26,27)17-8-6-16(21)7-9-17/h6-9H,10-15H2,1-5H3,(H,22,25). The molecule has 1 fully saturated rings. The monoisotopic (exact) mass is 429 g/mol. The molecule has 0 spiro atoms. The molecule has 0 aromatic heterocycles. The quantitative estimate of drug-likeness (QED) is 0.754. The van der Waals surface area contributed by atoms with Crippen molar-refractivity contribution in [2.75, 3.05) is 32.7 Å². The highest BCUT2D eigenvalue weighted by Gasteiger charge is 2.31. The minimum Gasteiger partial charge on any atom is -0.350 e. The SMILES string of the molecule is CC(C)(C)CC(C)(C)NC(=O)CN1CCN(S(=O)(=O)c2ccc(Cl)cc2)CC1. The lowest BCUT2D eigenvalue weighted by molar-refractivity contribution is -0.124. The number of carbonyl (C=O) groups excluding carboxylic acids is 1. The van der Waals surface area contributed by atoms with Gasteiger partial charge in [0.05, 0.1) is 11.4 Å². The Morgan fingerprint density at radius 3 is 2.07 bits per heavy atom. The Morgan fingerprint density at radius 2 is 1.57 bits per heavy atom. The van der Waals surface area contributed by atoms with Crippen LogP contribution in [-0.2, 0) is 14.8 Å². The lowest BCUT2D eigenvalue weighted by Gasteiger charge is -2.36. The second-order valence-corrected chi connectivity index (χ2v) is 11.7. The summed E-state index contributed by atoms with van der Waals surface area (Å²) >= 11 is 5.84. The van der Waals surface area contributed by atoms with Gasteiger partial charge in [0, 0.05) is 36.7 Å². The van der Waals surface area contributed by atoms with Crippen molar-refractivity contribution in [3.8, 4) is 0 Å². The molecule has 8 heteroatoms. The molecule has 1 N–H and O–H groups in total. The van der Waals surface area contributed by atoms with Crippen molar-refractivity contribution in [3.63, 3.8) is 0 Å². The Kier molecular flexibility index (Phi) is 7.18. The van der Waals surface area contributed by atoms with Crippen LogP contribution in [0.1, 0.15) is 41.0 Å². The maximum Gasteiger partial charge on any atom is 0.243 e. The third-order valence-electron chi connectivity index (χ3n) is 4.60. The summed E-state index contributed by atoms with van der Waals surface area (Å²) in [5.74, 6) is -0.0248. The molecule has 1 heterocycles. The van der Waals surface area contributed by atoms with E-state index < -0.39 is 10.0 Å². The third kappa shape index (κ3) is 6.72. The summed E-state index contributed by atoms with van der Waals surface area (Å²) in [6, 6.07) is 6.20. The van der Waals surface area contributed by atoms with Gasteiger partial charge in [-0.15, -0.1) is 0 Å². The van der Waals surface area contributed by atoms with Crippen molar-refractivity contribution in [2.24, 2.45) is 5.41 Å². The van der Waals surface area contributed by atoms with E-state index in [0.717, 1.165) is 6.42 Å². The molecule has 1 aromatic rings. The smallest absolute Gasteiger partial charge is 0.243 e. The lowest BCUT2D eigenvalue weighted by atomic mass is 9.82. The number of sulfonamides is 1. The van der Waals surface area contributed by atoms with Gasteiger partial charge in [-0.05, 0) is 49.9 Å². The van der Waals surface area contributed by atoms with E-state index >= 15 is 0 Å². The van der Waals surface area contributed by atoms with Crippen LogP contribution >= 0.6 is 11.6 Å². The number of rotatable bonds is 6. The van der Waals surface area contributed by atoms with Gasteiger partial charge in [-0.2, -0.15) is 4.31 Å². The number of hydrogen-bond acceptors (Lipinski definition) is 4. The second kappa shape index (κ2) is 8.69. The molecule has 1 amide bonds. The van der Waals surface area contributed by atoms with E-state index in [1.165, 1.54) is 16.4 Å². The maximum absolute atomic E-state index is 12.7. The molecular formula is C20H32ClN3O3S. The average Bonchev–Trinajstić information content (AvgIpc) is 2.52. The highest BCUT2D eigenvalue weighted by molar-refractivity contribution is 7.89. The lowest BCUT2D eigenvalue weighted by Crippen LogP contribution is -2.53. The summed E-state index contributed by atoms with van der Waals surface area (Å²) in [4.78, 5) is 14.7.